The zero-order valence-electron chi connectivity index (χ0n) is 8.95. The smallest absolute Gasteiger partial charge is 0.313 e. The Bertz CT molecular complexity index is 494. The molecule has 1 heterocycles. The Labute approximate surface area is 95.6 Å². The molecule has 1 amide bonds. The Morgan fingerprint density at radius 3 is 2.59 bits per heavy atom. The molecule has 6 heteroatoms. The average molecular weight is 242 g/mol. The molecule has 3 nitrogen and oxygen atoms in total. The minimum Gasteiger partial charge on any atom is -0.313 e. The fourth-order valence-electron chi connectivity index (χ4n) is 1.59. The number of rotatable bonds is 0. The summed E-state index contributed by atoms with van der Waals surface area (Å²) in [7, 11) is 1.44. The zero-order valence-corrected chi connectivity index (χ0v) is 8.95. The third-order valence-corrected chi connectivity index (χ3v) is 2.52. The number of aliphatic imine (C=N–C) groups is 1. The first-order valence-corrected chi connectivity index (χ1v) is 4.90. The van der Waals surface area contributed by atoms with Gasteiger partial charge in [0.1, 0.15) is 5.71 Å². The van der Waals surface area contributed by atoms with E-state index >= 15 is 0 Å². The lowest BCUT2D eigenvalue weighted by Gasteiger charge is -2.16. The third-order valence-electron chi connectivity index (χ3n) is 2.52. The van der Waals surface area contributed by atoms with Crippen LogP contribution in [0.15, 0.2) is 29.3 Å². The minimum absolute atomic E-state index is 0.160. The van der Waals surface area contributed by atoms with Gasteiger partial charge in [0, 0.05) is 7.05 Å². The van der Waals surface area contributed by atoms with Crippen molar-refractivity contribution in [1.82, 2.24) is 0 Å². The molecule has 0 N–H and O–H groups in total. The number of nitrogens with zero attached hydrogens (tertiary/aromatic N) is 2. The second-order valence-corrected chi connectivity index (χ2v) is 3.67. The molecular weight excluding hydrogens is 233 g/mol. The number of hydrogen-bond donors (Lipinski definition) is 0. The van der Waals surface area contributed by atoms with Crippen LogP contribution >= 0.6 is 0 Å². The van der Waals surface area contributed by atoms with Crippen LogP contribution in [0.1, 0.15) is 6.42 Å². The molecule has 0 saturated carbocycles. The Kier molecular flexibility index (Phi) is 2.65. The summed E-state index contributed by atoms with van der Waals surface area (Å²) in [4.78, 5) is 16.3. The van der Waals surface area contributed by atoms with E-state index in [4.69, 9.17) is 0 Å². The third kappa shape index (κ3) is 2.15. The lowest BCUT2D eigenvalue weighted by atomic mass is 10.2. The number of fused-ring (bicyclic) bond motifs is 1. The summed E-state index contributed by atoms with van der Waals surface area (Å²) >= 11 is 0. The van der Waals surface area contributed by atoms with E-state index in [9.17, 15) is 18.0 Å². The first-order valence-electron chi connectivity index (χ1n) is 4.90. The first-order chi connectivity index (χ1) is 7.89. The highest BCUT2D eigenvalue weighted by atomic mass is 19.4. The van der Waals surface area contributed by atoms with Crippen molar-refractivity contribution in [3.63, 3.8) is 0 Å². The zero-order chi connectivity index (χ0) is 12.6. The average Bonchev–Trinajstić information content (AvgIpc) is 2.38. The number of anilines is 1. The molecular formula is C11H9F3N2O. The molecule has 0 fully saturated rings. The number of carbonyl (C=O) groups is 1. The molecule has 0 unspecified atom stereocenters. The van der Waals surface area contributed by atoms with Gasteiger partial charge in [-0.2, -0.15) is 13.2 Å². The molecule has 0 bridgehead atoms. The van der Waals surface area contributed by atoms with Crippen molar-refractivity contribution in [2.75, 3.05) is 11.9 Å². The van der Waals surface area contributed by atoms with E-state index < -0.39 is 24.2 Å². The van der Waals surface area contributed by atoms with Gasteiger partial charge in [0.2, 0.25) is 5.91 Å². The summed E-state index contributed by atoms with van der Waals surface area (Å²) in [6.07, 6.45) is -5.30. The van der Waals surface area contributed by atoms with Crippen LogP contribution < -0.4 is 4.90 Å². The van der Waals surface area contributed by atoms with Gasteiger partial charge in [0.25, 0.3) is 0 Å². The van der Waals surface area contributed by atoms with Crippen molar-refractivity contribution in [1.29, 1.82) is 0 Å². The lowest BCUT2D eigenvalue weighted by Crippen LogP contribution is -2.31. The quantitative estimate of drug-likeness (QED) is 0.688. The topological polar surface area (TPSA) is 32.7 Å². The predicted octanol–water partition coefficient (Wildman–Crippen LogP) is 2.69. The molecule has 1 aliphatic rings. The van der Waals surface area contributed by atoms with Crippen LogP contribution in [0.3, 0.4) is 0 Å². The molecule has 0 aromatic heterocycles. The Morgan fingerprint density at radius 1 is 1.29 bits per heavy atom. The fraction of sp³-hybridized carbons (Fsp3) is 0.273. The van der Waals surface area contributed by atoms with E-state index in [0.29, 0.717) is 5.69 Å². The molecule has 90 valence electrons. The summed E-state index contributed by atoms with van der Waals surface area (Å²) in [5.74, 6) is -0.619. The van der Waals surface area contributed by atoms with Crippen molar-refractivity contribution >= 4 is 23.0 Å². The summed E-state index contributed by atoms with van der Waals surface area (Å²) < 4.78 is 37.8. The van der Waals surface area contributed by atoms with E-state index in [-0.39, 0.29) is 5.69 Å². The summed E-state index contributed by atoms with van der Waals surface area (Å²) in [6, 6.07) is 6.25. The molecule has 1 aromatic carbocycles. The van der Waals surface area contributed by atoms with Crippen molar-refractivity contribution in [2.45, 2.75) is 12.6 Å². The molecule has 0 aliphatic carbocycles. The van der Waals surface area contributed by atoms with Crippen LogP contribution in [-0.2, 0) is 4.79 Å². The van der Waals surface area contributed by atoms with Crippen LogP contribution in [-0.4, -0.2) is 24.8 Å². The molecule has 2 rings (SSSR count). The number of alkyl halides is 3. The van der Waals surface area contributed by atoms with Crippen LogP contribution in [0.2, 0.25) is 0 Å². The van der Waals surface area contributed by atoms with Gasteiger partial charge in [-0.25, -0.2) is 4.99 Å². The SMILES string of the molecule is CN1C(=O)CC(C(F)(F)F)=Nc2ccccc21. The van der Waals surface area contributed by atoms with Gasteiger partial charge in [-0.3, -0.25) is 4.79 Å². The summed E-state index contributed by atoms with van der Waals surface area (Å²) in [5.41, 5.74) is -0.510. The fourth-order valence-corrected chi connectivity index (χ4v) is 1.59. The molecule has 1 aliphatic heterocycles. The highest BCUT2D eigenvalue weighted by Crippen LogP contribution is 2.33. The molecule has 0 radical (unpaired) electrons. The van der Waals surface area contributed by atoms with Crippen molar-refractivity contribution in [3.8, 4) is 0 Å². The number of amides is 1. The van der Waals surface area contributed by atoms with E-state index in [2.05, 4.69) is 4.99 Å². The second-order valence-electron chi connectivity index (χ2n) is 3.67. The molecule has 0 saturated heterocycles. The van der Waals surface area contributed by atoms with Gasteiger partial charge in [0.05, 0.1) is 17.8 Å². The predicted molar refractivity (Wildman–Crippen MR) is 57.6 cm³/mol. The number of hydrogen-bond acceptors (Lipinski definition) is 2. The normalized spacial score (nSPS) is 16.4. The molecule has 1 aromatic rings. The standard InChI is InChI=1S/C11H9F3N2O/c1-16-8-5-3-2-4-7(8)15-9(6-10(16)17)11(12,13)14/h2-5H,6H2,1H3. The summed E-state index contributed by atoms with van der Waals surface area (Å²) in [6.45, 7) is 0. The van der Waals surface area contributed by atoms with Gasteiger partial charge in [-0.05, 0) is 12.1 Å². The number of halogens is 3. The lowest BCUT2D eigenvalue weighted by molar-refractivity contribution is -0.118. The van der Waals surface area contributed by atoms with Gasteiger partial charge < -0.3 is 4.90 Å². The van der Waals surface area contributed by atoms with Gasteiger partial charge in [0.15, 0.2) is 0 Å². The maximum atomic E-state index is 12.6. The van der Waals surface area contributed by atoms with Gasteiger partial charge >= 0.3 is 6.18 Å². The second kappa shape index (κ2) is 3.87. The first kappa shape index (κ1) is 11.6. The van der Waals surface area contributed by atoms with Gasteiger partial charge in [-0.1, -0.05) is 12.1 Å². The van der Waals surface area contributed by atoms with E-state index in [1.54, 1.807) is 18.2 Å². The van der Waals surface area contributed by atoms with E-state index in [1.807, 2.05) is 0 Å². The highest BCUT2D eigenvalue weighted by Gasteiger charge is 2.39. The van der Waals surface area contributed by atoms with Crippen molar-refractivity contribution in [3.05, 3.63) is 24.3 Å². The van der Waals surface area contributed by atoms with E-state index in [1.165, 1.54) is 18.0 Å². The number of para-hydroxylation sites is 2. The Balaban J connectivity index is 2.57. The van der Waals surface area contributed by atoms with E-state index in [0.717, 1.165) is 0 Å². The molecule has 0 spiro atoms. The largest absolute Gasteiger partial charge is 0.430 e. The van der Waals surface area contributed by atoms with Crippen molar-refractivity contribution < 1.29 is 18.0 Å². The number of benzene rings is 1. The van der Waals surface area contributed by atoms with Gasteiger partial charge in [-0.15, -0.1) is 0 Å². The maximum absolute atomic E-state index is 12.6. The van der Waals surface area contributed by atoms with Crippen molar-refractivity contribution in [2.24, 2.45) is 4.99 Å². The monoisotopic (exact) mass is 242 g/mol. The van der Waals surface area contributed by atoms with Crippen LogP contribution in [0.5, 0.6) is 0 Å². The summed E-state index contributed by atoms with van der Waals surface area (Å²) in [5, 5.41) is 0. The molecule has 17 heavy (non-hydrogen) atoms. The Hall–Kier alpha value is -1.85. The highest BCUT2D eigenvalue weighted by molar-refractivity contribution is 6.13. The molecule has 0 atom stereocenters. The maximum Gasteiger partial charge on any atom is 0.430 e. The minimum atomic E-state index is -4.58. The number of carbonyl (C=O) groups excluding carboxylic acids is 1. The van der Waals surface area contributed by atoms with Crippen LogP contribution in [0.4, 0.5) is 24.5 Å². The van der Waals surface area contributed by atoms with Crippen LogP contribution in [0.25, 0.3) is 0 Å². The Morgan fingerprint density at radius 2 is 1.94 bits per heavy atom. The van der Waals surface area contributed by atoms with Crippen LogP contribution in [0, 0.1) is 0 Å².